The van der Waals surface area contributed by atoms with E-state index >= 15 is 0 Å². The number of anilines is 3. The van der Waals surface area contributed by atoms with Gasteiger partial charge >= 0.3 is 0 Å². The smallest absolute Gasteiger partial charge is 0.143 e. The Hall–Kier alpha value is -9.44. The third kappa shape index (κ3) is 6.89. The lowest BCUT2D eigenvalue weighted by Gasteiger charge is -2.26. The van der Waals surface area contributed by atoms with E-state index in [1.54, 1.807) is 0 Å². The maximum atomic E-state index is 6.77. The van der Waals surface area contributed by atoms with Crippen LogP contribution in [0.4, 0.5) is 17.1 Å². The van der Waals surface area contributed by atoms with Gasteiger partial charge in [0.2, 0.25) is 0 Å². The molecule has 0 bridgehead atoms. The van der Waals surface area contributed by atoms with Gasteiger partial charge in [0.25, 0.3) is 0 Å². The fourth-order valence-electron chi connectivity index (χ4n) is 10.9. The lowest BCUT2D eigenvalue weighted by molar-refractivity contribution is 0.674. The first kappa shape index (κ1) is 40.6. The largest absolute Gasteiger partial charge is 0.455 e. The molecule has 0 amide bonds. The number of hydrogen-bond donors (Lipinski definition) is 0. The highest BCUT2D eigenvalue weighted by Crippen LogP contribution is 2.43. The highest BCUT2D eigenvalue weighted by Gasteiger charge is 2.19. The molecule has 0 fully saturated rings. The maximum Gasteiger partial charge on any atom is 0.143 e. The van der Waals surface area contributed by atoms with Gasteiger partial charge in [-0.25, -0.2) is 0 Å². The summed E-state index contributed by atoms with van der Waals surface area (Å²) in [5.74, 6) is 0. The molecule has 0 spiro atoms. The minimum absolute atomic E-state index is 0.903. The molecule has 2 heterocycles. The summed E-state index contributed by atoms with van der Waals surface area (Å²) in [4.78, 5) is 2.36. The van der Waals surface area contributed by atoms with Crippen molar-refractivity contribution >= 4 is 82.4 Å². The molecule has 0 unspecified atom stereocenters. The molecule has 0 aliphatic rings. The second-order valence-corrected chi connectivity index (χ2v) is 18.5. The minimum Gasteiger partial charge on any atom is -0.455 e. The summed E-state index contributed by atoms with van der Waals surface area (Å²) >= 11 is 0. The number of aromatic nitrogens is 1. The zero-order chi connectivity index (χ0) is 46.8. The molecule has 0 N–H and O–H groups in total. The van der Waals surface area contributed by atoms with Crippen LogP contribution in [-0.4, -0.2) is 4.57 Å². The molecule has 12 aromatic carbocycles. The van der Waals surface area contributed by atoms with Gasteiger partial charge in [0.15, 0.2) is 0 Å². The van der Waals surface area contributed by atoms with Crippen LogP contribution in [0, 0.1) is 0 Å². The van der Waals surface area contributed by atoms with Crippen molar-refractivity contribution in [3.63, 3.8) is 0 Å². The van der Waals surface area contributed by atoms with Gasteiger partial charge in [-0.2, -0.15) is 0 Å². The van der Waals surface area contributed by atoms with Gasteiger partial charge in [-0.15, -0.1) is 0 Å². The summed E-state index contributed by atoms with van der Waals surface area (Å²) in [7, 11) is 0. The van der Waals surface area contributed by atoms with Gasteiger partial charge in [-0.05, 0) is 122 Å². The van der Waals surface area contributed by atoms with Crippen molar-refractivity contribution in [3.05, 3.63) is 267 Å². The van der Waals surface area contributed by atoms with Crippen LogP contribution >= 0.6 is 0 Å². The van der Waals surface area contributed by atoms with E-state index in [0.29, 0.717) is 0 Å². The van der Waals surface area contributed by atoms with Crippen LogP contribution in [0.3, 0.4) is 0 Å². The molecular formula is C68H44N2O. The van der Waals surface area contributed by atoms with E-state index in [2.05, 4.69) is 276 Å². The van der Waals surface area contributed by atoms with Gasteiger partial charge in [-0.3, -0.25) is 0 Å². The molecule has 3 nitrogen and oxygen atoms in total. The predicted molar refractivity (Wildman–Crippen MR) is 299 cm³/mol. The Labute approximate surface area is 411 Å². The van der Waals surface area contributed by atoms with Crippen molar-refractivity contribution < 1.29 is 4.42 Å². The van der Waals surface area contributed by atoms with Crippen molar-refractivity contribution in [2.24, 2.45) is 0 Å². The maximum absolute atomic E-state index is 6.77. The first-order chi connectivity index (χ1) is 35.2. The lowest BCUT2D eigenvalue weighted by atomic mass is 9.97. The Morgan fingerprint density at radius 2 is 0.732 bits per heavy atom. The second-order valence-electron chi connectivity index (χ2n) is 18.5. The fourth-order valence-corrected chi connectivity index (χ4v) is 10.9. The fraction of sp³-hybridized carbons (Fsp3) is 0. The standard InChI is InChI=1S/C68H44N2O/c1-2-15-50-44-53(28-27-45(50)13-1)52-17-11-16-51(43-52)46-29-36-54(37-30-46)69(56-40-33-49(34-41-56)59-22-12-23-62-63-42-35-47-14-3-4-19-58(47)68(63)71-67(59)62)55-38-31-48(32-39-55)57-18-5-8-24-64(57)70-65-25-9-6-20-60(65)61-21-7-10-26-66(61)70/h1-44H. The Morgan fingerprint density at radius 1 is 0.268 bits per heavy atom. The summed E-state index contributed by atoms with van der Waals surface area (Å²) in [6.45, 7) is 0. The SMILES string of the molecule is c1cc(-c2ccc(N(c3ccc(-c4ccccc4-n4c5ccccc5c5ccccc54)cc3)c3ccc(-c4cccc5c4oc4c6ccccc6ccc54)cc3)cc2)cc(-c2ccc3ccccc3c2)c1. The van der Waals surface area contributed by atoms with Gasteiger partial charge in [0.05, 0.1) is 16.7 Å². The quantitative estimate of drug-likeness (QED) is 0.151. The van der Waals surface area contributed by atoms with E-state index in [9.17, 15) is 0 Å². The van der Waals surface area contributed by atoms with Crippen molar-refractivity contribution in [1.82, 2.24) is 4.57 Å². The first-order valence-electron chi connectivity index (χ1n) is 24.3. The predicted octanol–water partition coefficient (Wildman–Crippen LogP) is 19.1. The zero-order valence-electron chi connectivity index (χ0n) is 38.7. The molecule has 332 valence electrons. The number of rotatable bonds is 8. The highest BCUT2D eigenvalue weighted by atomic mass is 16.3. The molecule has 0 aliphatic heterocycles. The summed E-state index contributed by atoms with van der Waals surface area (Å²) in [5.41, 5.74) is 17.8. The van der Waals surface area contributed by atoms with Crippen LogP contribution in [0.25, 0.3) is 115 Å². The van der Waals surface area contributed by atoms with Crippen LogP contribution in [0.2, 0.25) is 0 Å². The summed E-state index contributed by atoms with van der Waals surface area (Å²) in [6, 6.07) is 96.6. The van der Waals surface area contributed by atoms with Gasteiger partial charge in [0.1, 0.15) is 11.2 Å². The Balaban J connectivity index is 0.855. The molecule has 3 heteroatoms. The molecule has 71 heavy (non-hydrogen) atoms. The van der Waals surface area contributed by atoms with Crippen molar-refractivity contribution in [2.75, 3.05) is 4.90 Å². The third-order valence-electron chi connectivity index (χ3n) is 14.4. The minimum atomic E-state index is 0.903. The number of nitrogens with zero attached hydrogens (tertiary/aromatic N) is 2. The van der Waals surface area contributed by atoms with E-state index in [1.807, 2.05) is 0 Å². The normalized spacial score (nSPS) is 11.7. The third-order valence-corrected chi connectivity index (χ3v) is 14.4. The molecule has 2 aromatic heterocycles. The van der Waals surface area contributed by atoms with Crippen LogP contribution in [-0.2, 0) is 0 Å². The van der Waals surface area contributed by atoms with E-state index in [4.69, 9.17) is 4.42 Å². The number of para-hydroxylation sites is 4. The van der Waals surface area contributed by atoms with Gasteiger partial charge in [0, 0.05) is 55.1 Å². The molecule has 0 aliphatic carbocycles. The number of furan rings is 1. The van der Waals surface area contributed by atoms with Crippen molar-refractivity contribution in [3.8, 4) is 50.2 Å². The molecule has 0 radical (unpaired) electrons. The first-order valence-corrected chi connectivity index (χ1v) is 24.3. The average molecular weight is 905 g/mol. The Morgan fingerprint density at radius 3 is 1.44 bits per heavy atom. The topological polar surface area (TPSA) is 21.3 Å². The van der Waals surface area contributed by atoms with E-state index < -0.39 is 0 Å². The summed E-state index contributed by atoms with van der Waals surface area (Å²) in [6.07, 6.45) is 0. The van der Waals surface area contributed by atoms with E-state index in [1.165, 1.54) is 60.2 Å². The van der Waals surface area contributed by atoms with Crippen LogP contribution < -0.4 is 4.90 Å². The van der Waals surface area contributed by atoms with E-state index in [-0.39, 0.29) is 0 Å². The zero-order valence-corrected chi connectivity index (χ0v) is 38.7. The molecule has 0 saturated carbocycles. The molecule has 14 aromatic rings. The van der Waals surface area contributed by atoms with E-state index in [0.717, 1.165) is 72.3 Å². The number of hydrogen-bond acceptors (Lipinski definition) is 2. The van der Waals surface area contributed by atoms with Gasteiger partial charge < -0.3 is 13.9 Å². The van der Waals surface area contributed by atoms with Crippen LogP contribution in [0.15, 0.2) is 271 Å². The molecular weight excluding hydrogens is 861 g/mol. The monoisotopic (exact) mass is 904 g/mol. The van der Waals surface area contributed by atoms with Gasteiger partial charge in [-0.1, -0.05) is 194 Å². The summed E-state index contributed by atoms with van der Waals surface area (Å²) in [5, 5.41) is 9.55. The Bertz CT molecular complexity index is 4280. The van der Waals surface area contributed by atoms with Crippen molar-refractivity contribution in [2.45, 2.75) is 0 Å². The molecule has 0 saturated heterocycles. The average Bonchev–Trinajstić information content (AvgIpc) is 4.00. The number of fused-ring (bicyclic) bond motifs is 9. The second kappa shape index (κ2) is 16.7. The molecule has 14 rings (SSSR count). The van der Waals surface area contributed by atoms with Crippen LogP contribution in [0.5, 0.6) is 0 Å². The van der Waals surface area contributed by atoms with Crippen molar-refractivity contribution in [1.29, 1.82) is 0 Å². The Kier molecular flexibility index (Phi) is 9.53. The highest BCUT2D eigenvalue weighted by molar-refractivity contribution is 6.17. The van der Waals surface area contributed by atoms with Crippen LogP contribution in [0.1, 0.15) is 0 Å². The number of benzene rings is 12. The lowest BCUT2D eigenvalue weighted by Crippen LogP contribution is -2.09. The summed E-state index contributed by atoms with van der Waals surface area (Å²) < 4.78 is 9.19. The molecule has 0 atom stereocenters.